The van der Waals surface area contributed by atoms with Crippen LogP contribution in [0.3, 0.4) is 0 Å². The van der Waals surface area contributed by atoms with Crippen molar-refractivity contribution in [2.24, 2.45) is 0 Å². The quantitative estimate of drug-likeness (QED) is 0.169. The largest absolute Gasteiger partial charge is 0.378 e. The smallest absolute Gasteiger partial charge is 0.194 e. The normalized spacial score (nSPS) is 18.2. The summed E-state index contributed by atoms with van der Waals surface area (Å²) in [4.78, 5) is 0. The predicted molar refractivity (Wildman–Crippen MR) is 135 cm³/mol. The van der Waals surface area contributed by atoms with Gasteiger partial charge >= 0.3 is 0 Å². The molecule has 0 saturated carbocycles. The summed E-state index contributed by atoms with van der Waals surface area (Å²) in [6.45, 7) is 2.08. The molecule has 16 heteroatoms. The standard InChI is InChI=1S/C31H18F12O4/c1-29(2)46-27(30(44,11-3-15(32)23(40)16(33)4-11)12-5-17(34)24(41)18(35)6-12)28(47-29)31(45,13-7-19(36)25(42)20(37)8-13)14-9-21(38)26(43)22(39)10-14/h3-10,27-28,44-45H,1-2H3/t27-,28-/m1/s1. The van der Waals surface area contributed by atoms with Crippen LogP contribution < -0.4 is 0 Å². The number of hydrogen-bond donors (Lipinski definition) is 2. The minimum absolute atomic E-state index is 0.108. The summed E-state index contributed by atoms with van der Waals surface area (Å²) in [6, 6.07) is 0.864. The minimum atomic E-state index is -3.49. The van der Waals surface area contributed by atoms with Crippen LogP contribution in [0.4, 0.5) is 52.7 Å². The van der Waals surface area contributed by atoms with Gasteiger partial charge in [-0.15, -0.1) is 0 Å². The molecule has 4 nitrogen and oxygen atoms in total. The van der Waals surface area contributed by atoms with Gasteiger partial charge in [-0.3, -0.25) is 0 Å². The van der Waals surface area contributed by atoms with E-state index in [1.807, 2.05) is 0 Å². The second-order valence-corrected chi connectivity index (χ2v) is 11.0. The molecular weight excluding hydrogens is 664 g/mol. The van der Waals surface area contributed by atoms with Gasteiger partial charge in [-0.25, -0.2) is 52.7 Å². The zero-order chi connectivity index (χ0) is 35.0. The number of rotatable bonds is 6. The molecule has 1 aliphatic rings. The molecule has 0 bridgehead atoms. The van der Waals surface area contributed by atoms with Crippen LogP contribution >= 0.6 is 0 Å². The van der Waals surface area contributed by atoms with Crippen molar-refractivity contribution in [3.8, 4) is 0 Å². The Bertz CT molecular complexity index is 1570. The Hall–Kier alpha value is -4.12. The first-order valence-electron chi connectivity index (χ1n) is 13.1. The number of hydrogen-bond acceptors (Lipinski definition) is 4. The second kappa shape index (κ2) is 11.5. The topological polar surface area (TPSA) is 58.9 Å². The number of halogens is 12. The summed E-state index contributed by atoms with van der Waals surface area (Å²) >= 11 is 0. The lowest BCUT2D eigenvalue weighted by molar-refractivity contribution is -0.172. The molecular formula is C31H18F12O4. The van der Waals surface area contributed by atoms with Gasteiger partial charge in [0.25, 0.3) is 0 Å². The number of benzene rings is 4. The van der Waals surface area contributed by atoms with E-state index in [9.17, 15) is 62.9 Å². The van der Waals surface area contributed by atoms with Gasteiger partial charge in [0.1, 0.15) is 23.4 Å². The van der Waals surface area contributed by atoms with E-state index in [0.29, 0.717) is 0 Å². The highest BCUT2D eigenvalue weighted by Gasteiger charge is 2.62. The average Bonchev–Trinajstić information content (AvgIpc) is 3.34. The highest BCUT2D eigenvalue weighted by molar-refractivity contribution is 5.45. The fourth-order valence-corrected chi connectivity index (χ4v) is 5.46. The van der Waals surface area contributed by atoms with Crippen LogP contribution in [0, 0.1) is 69.8 Å². The van der Waals surface area contributed by atoms with E-state index in [4.69, 9.17) is 9.47 Å². The lowest BCUT2D eigenvalue weighted by atomic mass is 9.71. The van der Waals surface area contributed by atoms with Gasteiger partial charge in [0.2, 0.25) is 0 Å². The van der Waals surface area contributed by atoms with Gasteiger partial charge in [0, 0.05) is 0 Å². The van der Waals surface area contributed by atoms with Gasteiger partial charge in [-0.05, 0) is 84.6 Å². The van der Waals surface area contributed by atoms with E-state index < -0.39 is 121 Å². The second-order valence-electron chi connectivity index (χ2n) is 11.0. The summed E-state index contributed by atoms with van der Waals surface area (Å²) in [6.07, 6.45) is -5.16. The third kappa shape index (κ3) is 5.52. The maximum Gasteiger partial charge on any atom is 0.194 e. The van der Waals surface area contributed by atoms with Crippen molar-refractivity contribution in [3.63, 3.8) is 0 Å². The Morgan fingerprint density at radius 1 is 0.426 bits per heavy atom. The van der Waals surface area contributed by atoms with E-state index in [1.54, 1.807) is 0 Å². The molecule has 2 N–H and O–H groups in total. The minimum Gasteiger partial charge on any atom is -0.378 e. The van der Waals surface area contributed by atoms with Crippen molar-refractivity contribution in [2.75, 3.05) is 0 Å². The van der Waals surface area contributed by atoms with Gasteiger partial charge in [-0.1, -0.05) is 0 Å². The Balaban J connectivity index is 1.90. The SMILES string of the molecule is CC1(C)O[C@@H](C(O)(c2cc(F)c(F)c(F)c2)c2cc(F)c(F)c(F)c2)[C@H](C(O)(c2cc(F)c(F)c(F)c2)c2cc(F)c(F)c(F)c2)O1. The molecule has 47 heavy (non-hydrogen) atoms. The molecule has 1 fully saturated rings. The van der Waals surface area contributed by atoms with Crippen LogP contribution in [0.5, 0.6) is 0 Å². The Kier molecular flexibility index (Phi) is 8.40. The van der Waals surface area contributed by atoms with Crippen molar-refractivity contribution in [1.29, 1.82) is 0 Å². The molecule has 0 spiro atoms. The Morgan fingerprint density at radius 2 is 0.596 bits per heavy atom. The highest BCUT2D eigenvalue weighted by atomic mass is 19.2. The monoisotopic (exact) mass is 682 g/mol. The number of aliphatic hydroxyl groups is 2. The first kappa shape index (κ1) is 34.2. The molecule has 0 radical (unpaired) electrons. The lowest BCUT2D eigenvalue weighted by Crippen LogP contribution is -2.55. The fourth-order valence-electron chi connectivity index (χ4n) is 5.46. The highest BCUT2D eigenvalue weighted by Crippen LogP contribution is 2.51. The summed E-state index contributed by atoms with van der Waals surface area (Å²) in [5.74, 6) is -26.6. The van der Waals surface area contributed by atoms with Gasteiger partial charge in [0.15, 0.2) is 75.6 Å². The van der Waals surface area contributed by atoms with E-state index in [-0.39, 0.29) is 48.5 Å². The van der Waals surface area contributed by atoms with Crippen LogP contribution in [0.15, 0.2) is 48.5 Å². The molecule has 0 unspecified atom stereocenters. The van der Waals surface area contributed by atoms with Crippen molar-refractivity contribution < 1.29 is 72.4 Å². The first-order valence-corrected chi connectivity index (χ1v) is 13.1. The third-order valence-electron chi connectivity index (χ3n) is 7.62. The zero-order valence-electron chi connectivity index (χ0n) is 23.5. The third-order valence-corrected chi connectivity index (χ3v) is 7.62. The van der Waals surface area contributed by atoms with E-state index >= 15 is 0 Å². The summed E-state index contributed by atoms with van der Waals surface area (Å²) in [5, 5.41) is 24.5. The molecule has 4 aromatic carbocycles. The fraction of sp³-hybridized carbons (Fsp3) is 0.226. The van der Waals surface area contributed by atoms with Gasteiger partial charge < -0.3 is 19.7 Å². The summed E-state index contributed by atoms with van der Waals surface area (Å²) in [5.41, 5.74) is -11.6. The Morgan fingerprint density at radius 3 is 0.766 bits per heavy atom. The molecule has 4 aromatic rings. The number of ether oxygens (including phenoxy) is 2. The van der Waals surface area contributed by atoms with Crippen LogP contribution in [0.2, 0.25) is 0 Å². The summed E-state index contributed by atoms with van der Waals surface area (Å²) < 4.78 is 184. The van der Waals surface area contributed by atoms with Crippen LogP contribution in [-0.4, -0.2) is 28.2 Å². The van der Waals surface area contributed by atoms with Crippen LogP contribution in [0.25, 0.3) is 0 Å². The van der Waals surface area contributed by atoms with Crippen molar-refractivity contribution >= 4 is 0 Å². The average molecular weight is 682 g/mol. The zero-order valence-corrected chi connectivity index (χ0v) is 23.5. The molecule has 1 aliphatic heterocycles. The molecule has 250 valence electrons. The first-order chi connectivity index (χ1) is 21.7. The maximum absolute atomic E-state index is 14.6. The van der Waals surface area contributed by atoms with Crippen molar-refractivity contribution in [1.82, 2.24) is 0 Å². The van der Waals surface area contributed by atoms with Crippen LogP contribution in [0.1, 0.15) is 36.1 Å². The molecule has 2 atom stereocenters. The molecule has 1 heterocycles. The van der Waals surface area contributed by atoms with Gasteiger partial charge in [0.05, 0.1) is 0 Å². The molecule has 1 saturated heterocycles. The molecule has 5 rings (SSSR count). The van der Waals surface area contributed by atoms with Gasteiger partial charge in [-0.2, -0.15) is 0 Å². The summed E-state index contributed by atoms with van der Waals surface area (Å²) in [7, 11) is 0. The predicted octanol–water partition coefficient (Wildman–Crippen LogP) is 7.05. The molecule has 0 amide bonds. The lowest BCUT2D eigenvalue weighted by Gasteiger charge is -2.42. The Labute approximate surface area is 256 Å². The van der Waals surface area contributed by atoms with E-state index in [2.05, 4.69) is 0 Å². The molecule has 0 aliphatic carbocycles. The van der Waals surface area contributed by atoms with Crippen molar-refractivity contribution in [2.45, 2.75) is 43.0 Å². The van der Waals surface area contributed by atoms with Crippen molar-refractivity contribution in [3.05, 3.63) is 141 Å². The molecule has 0 aromatic heterocycles. The van der Waals surface area contributed by atoms with E-state index in [1.165, 1.54) is 0 Å². The van der Waals surface area contributed by atoms with E-state index in [0.717, 1.165) is 13.8 Å². The van der Waals surface area contributed by atoms with Crippen LogP contribution in [-0.2, 0) is 20.7 Å². The maximum atomic E-state index is 14.6.